The molecular formula is C5H4O13P2. The van der Waals surface area contributed by atoms with Crippen LogP contribution >= 0.6 is 15.6 Å². The molecule has 0 aromatic heterocycles. The van der Waals surface area contributed by atoms with E-state index in [9.17, 15) is 29.6 Å². The molecule has 15 heteroatoms. The zero-order valence-corrected chi connectivity index (χ0v) is 10.6. The van der Waals surface area contributed by atoms with E-state index in [2.05, 4.69) is 31.9 Å². The third-order valence-corrected chi connectivity index (χ3v) is 6.33. The number of hydrogen-bond donors (Lipinski definition) is 4. The van der Waals surface area contributed by atoms with Crippen LogP contribution in [0.3, 0.4) is 0 Å². The van der Waals surface area contributed by atoms with Crippen molar-refractivity contribution in [1.82, 2.24) is 0 Å². The second kappa shape index (κ2) is 2.57. The third kappa shape index (κ3) is 0.858. The van der Waals surface area contributed by atoms with Crippen LogP contribution in [0.2, 0.25) is 0 Å². The van der Waals surface area contributed by atoms with E-state index in [0.29, 0.717) is 0 Å². The molecule has 6 saturated heterocycles. The van der Waals surface area contributed by atoms with Crippen molar-refractivity contribution in [3.63, 3.8) is 0 Å². The lowest BCUT2D eigenvalue weighted by molar-refractivity contribution is -0.623. The maximum atomic E-state index is 11.8. The lowest BCUT2D eigenvalue weighted by Crippen LogP contribution is -2.86. The minimum Gasteiger partial charge on any atom is -0.356 e. The molecule has 0 radical (unpaired) electrons. The Morgan fingerprint density at radius 1 is 0.650 bits per heavy atom. The van der Waals surface area contributed by atoms with Crippen LogP contribution in [-0.2, 0) is 41.0 Å². The standard InChI is InChI=1S/C5H4O13P2/c6-1-2(7)4(9,16-19(10,13-1)14-2)12-5-3(1,8)15-20(11,17-5)18-5/h6-9H/t1-,2+,3+,4?,5?,19?,20?/m0/s1. The van der Waals surface area contributed by atoms with Crippen LogP contribution in [0.15, 0.2) is 0 Å². The number of fused-ring (bicyclic) bond motifs is 1. The fourth-order valence-electron chi connectivity index (χ4n) is 2.61. The first-order chi connectivity index (χ1) is 8.95. The summed E-state index contributed by atoms with van der Waals surface area (Å²) in [6.07, 6.45) is 0. The van der Waals surface area contributed by atoms with E-state index in [4.69, 9.17) is 0 Å². The molecule has 112 valence electrons. The van der Waals surface area contributed by atoms with Gasteiger partial charge in [-0.05, 0) is 0 Å². The van der Waals surface area contributed by atoms with E-state index in [-0.39, 0.29) is 0 Å². The molecule has 5 atom stereocenters. The molecule has 6 rings (SSSR count). The Labute approximate surface area is 107 Å². The molecule has 0 amide bonds. The molecule has 4 bridgehead atoms. The maximum absolute atomic E-state index is 11.8. The predicted octanol–water partition coefficient (Wildman–Crippen LogP) is -2.25. The largest absolute Gasteiger partial charge is 0.486 e. The minimum atomic E-state index is -4.69. The van der Waals surface area contributed by atoms with Crippen LogP contribution in [-0.4, -0.2) is 49.7 Å². The molecule has 1 spiro atoms. The quantitative estimate of drug-likeness (QED) is 0.349. The Kier molecular flexibility index (Phi) is 1.61. The molecule has 0 saturated carbocycles. The highest BCUT2D eigenvalue weighted by molar-refractivity contribution is 7.50. The predicted molar refractivity (Wildman–Crippen MR) is 45.3 cm³/mol. The Morgan fingerprint density at radius 2 is 1.15 bits per heavy atom. The summed E-state index contributed by atoms with van der Waals surface area (Å²) < 4.78 is 54.9. The smallest absolute Gasteiger partial charge is 0.356 e. The number of phosphoric ester groups is 2. The van der Waals surface area contributed by atoms with Crippen molar-refractivity contribution in [2.45, 2.75) is 29.3 Å². The Morgan fingerprint density at radius 3 is 1.75 bits per heavy atom. The lowest BCUT2D eigenvalue weighted by Gasteiger charge is -2.55. The number of ether oxygens (including phenoxy) is 1. The molecular weight excluding hydrogens is 330 g/mol. The van der Waals surface area contributed by atoms with Gasteiger partial charge in [0.15, 0.2) is 0 Å². The van der Waals surface area contributed by atoms with Gasteiger partial charge in [0.05, 0.1) is 0 Å². The first kappa shape index (κ1) is 12.6. The second-order valence-electron chi connectivity index (χ2n) is 4.61. The zero-order valence-electron chi connectivity index (χ0n) is 8.86. The van der Waals surface area contributed by atoms with Gasteiger partial charge in [-0.3, -0.25) is 4.74 Å². The summed E-state index contributed by atoms with van der Waals surface area (Å²) in [7, 11) is -8.99. The van der Waals surface area contributed by atoms with Crippen molar-refractivity contribution in [3.8, 4) is 0 Å². The SMILES string of the molecule is O=P12OC3(O)OC45OP(=O)(O4)O[C@]5(O)[C@@](O)(O1)[C@@]3(O)O2. The van der Waals surface area contributed by atoms with Crippen molar-refractivity contribution in [1.29, 1.82) is 0 Å². The molecule has 20 heavy (non-hydrogen) atoms. The van der Waals surface area contributed by atoms with Gasteiger partial charge in [0.2, 0.25) is 0 Å². The van der Waals surface area contributed by atoms with Gasteiger partial charge in [0.25, 0.3) is 0 Å². The highest BCUT2D eigenvalue weighted by Crippen LogP contribution is 2.88. The molecule has 6 aliphatic rings. The minimum absolute atomic E-state index is 2.82. The third-order valence-electron chi connectivity index (χ3n) is 3.47. The van der Waals surface area contributed by atoms with Gasteiger partial charge in [0, 0.05) is 0 Å². The van der Waals surface area contributed by atoms with E-state index in [0.717, 1.165) is 0 Å². The number of phosphoric acid groups is 2. The monoisotopic (exact) mass is 334 g/mol. The first-order valence-electron chi connectivity index (χ1n) is 4.99. The average Bonchev–Trinajstić information content (AvgIpc) is 2.71. The highest BCUT2D eigenvalue weighted by atomic mass is 31.2. The second-order valence-corrected chi connectivity index (χ2v) is 7.50. The fraction of sp³-hybridized carbons (Fsp3) is 1.00. The van der Waals surface area contributed by atoms with Gasteiger partial charge < -0.3 is 20.4 Å². The number of rotatable bonds is 0. The van der Waals surface area contributed by atoms with Crippen molar-refractivity contribution in [3.05, 3.63) is 0 Å². The van der Waals surface area contributed by atoms with Crippen LogP contribution < -0.4 is 0 Å². The van der Waals surface area contributed by atoms with Gasteiger partial charge in [-0.25, -0.2) is 36.3 Å². The highest BCUT2D eigenvalue weighted by Gasteiger charge is 3.04. The summed E-state index contributed by atoms with van der Waals surface area (Å²) >= 11 is 0. The molecule has 0 aliphatic carbocycles. The summed E-state index contributed by atoms with van der Waals surface area (Å²) in [5.74, 6) is -16.2. The topological polar surface area (TPSA) is 180 Å². The number of aliphatic hydroxyl groups is 4. The number of hydrogen-bond acceptors (Lipinski definition) is 13. The summed E-state index contributed by atoms with van der Waals surface area (Å²) in [6, 6.07) is 0. The zero-order chi connectivity index (χ0) is 14.4. The molecule has 0 aromatic rings. The Hall–Kier alpha value is 0.0200. The van der Waals surface area contributed by atoms with Gasteiger partial charge in [-0.1, -0.05) is 0 Å². The Balaban J connectivity index is 1.82. The normalized spacial score (nSPS) is 76.4. The van der Waals surface area contributed by atoms with Crippen molar-refractivity contribution >= 4 is 15.6 Å². The molecule has 6 aliphatic heterocycles. The fourth-order valence-corrected chi connectivity index (χ4v) is 5.87. The van der Waals surface area contributed by atoms with Crippen LogP contribution in [0, 0.1) is 0 Å². The molecule has 2 unspecified atom stereocenters. The van der Waals surface area contributed by atoms with Gasteiger partial charge in [-0.2, -0.15) is 0 Å². The molecule has 4 N–H and O–H groups in total. The summed E-state index contributed by atoms with van der Waals surface area (Å²) in [4.78, 5) is 0. The van der Waals surface area contributed by atoms with Crippen LogP contribution in [0.5, 0.6) is 0 Å². The van der Waals surface area contributed by atoms with Gasteiger partial charge in [-0.15, -0.1) is 0 Å². The van der Waals surface area contributed by atoms with Crippen molar-refractivity contribution < 1.29 is 61.4 Å². The maximum Gasteiger partial charge on any atom is 0.486 e. The van der Waals surface area contributed by atoms with Crippen LogP contribution in [0.1, 0.15) is 0 Å². The summed E-state index contributed by atoms with van der Waals surface area (Å²) in [5, 5.41) is 40.7. The van der Waals surface area contributed by atoms with Crippen molar-refractivity contribution in [2.75, 3.05) is 0 Å². The molecule has 0 aromatic carbocycles. The molecule has 13 nitrogen and oxygen atoms in total. The summed E-state index contributed by atoms with van der Waals surface area (Å²) in [5.41, 5.74) is 0. The van der Waals surface area contributed by atoms with E-state index < -0.39 is 45.0 Å². The Bertz CT molecular complexity index is 666. The van der Waals surface area contributed by atoms with E-state index in [1.807, 2.05) is 0 Å². The van der Waals surface area contributed by atoms with Crippen LogP contribution in [0.25, 0.3) is 0 Å². The first-order valence-corrected chi connectivity index (χ1v) is 7.91. The average molecular weight is 334 g/mol. The van der Waals surface area contributed by atoms with Gasteiger partial charge in [0.1, 0.15) is 0 Å². The lowest BCUT2D eigenvalue weighted by atomic mass is 9.89. The molecule has 6 heterocycles. The van der Waals surface area contributed by atoms with Crippen LogP contribution in [0.4, 0.5) is 0 Å². The van der Waals surface area contributed by atoms with Crippen molar-refractivity contribution in [2.24, 2.45) is 0 Å². The molecule has 6 fully saturated rings. The van der Waals surface area contributed by atoms with E-state index >= 15 is 0 Å². The van der Waals surface area contributed by atoms with E-state index in [1.54, 1.807) is 0 Å². The van der Waals surface area contributed by atoms with E-state index in [1.165, 1.54) is 0 Å². The summed E-state index contributed by atoms with van der Waals surface area (Å²) in [6.45, 7) is 0. The van der Waals surface area contributed by atoms with Gasteiger partial charge >= 0.3 is 45.0 Å².